The molecule has 1 atom stereocenters. The van der Waals surface area contributed by atoms with Crippen molar-refractivity contribution in [2.24, 2.45) is 0 Å². The molecule has 0 amide bonds. The maximum Gasteiger partial charge on any atom is 0.164 e. The average Bonchev–Trinajstić information content (AvgIpc) is 3.42. The van der Waals surface area contributed by atoms with E-state index < -0.39 is 0 Å². The minimum atomic E-state index is 0.193. The molecule has 1 saturated carbocycles. The average molecular weight is 350 g/mol. The first-order valence-electron chi connectivity index (χ1n) is 9.34. The number of rotatable bonds is 3. The number of aromatic nitrogens is 7. The lowest BCUT2D eigenvalue weighted by atomic mass is 10.0. The van der Waals surface area contributed by atoms with Crippen LogP contribution < -0.4 is 4.90 Å². The molecule has 8 heteroatoms. The molecule has 8 nitrogen and oxygen atoms in total. The number of anilines is 1. The largest absolute Gasteiger partial charge is 0.342 e. The highest BCUT2D eigenvalue weighted by Gasteiger charge is 2.39. The smallest absolute Gasteiger partial charge is 0.164 e. The number of aromatic amines is 1. The lowest BCUT2D eigenvalue weighted by Crippen LogP contribution is -2.42. The number of nitrogens with one attached hydrogen (secondary N) is 1. The second kappa shape index (κ2) is 5.89. The molecule has 4 heterocycles. The van der Waals surface area contributed by atoms with E-state index in [1.807, 2.05) is 19.3 Å². The molecule has 3 aromatic rings. The Morgan fingerprint density at radius 3 is 2.77 bits per heavy atom. The molecule has 0 saturated heterocycles. The first kappa shape index (κ1) is 15.5. The van der Waals surface area contributed by atoms with Gasteiger partial charge in [0.05, 0.1) is 24.0 Å². The number of nitrogens with zero attached hydrogens (tertiary/aromatic N) is 7. The predicted octanol–water partition coefficient (Wildman–Crippen LogP) is 2.97. The van der Waals surface area contributed by atoms with Crippen molar-refractivity contribution in [1.29, 1.82) is 0 Å². The quantitative estimate of drug-likeness (QED) is 0.781. The van der Waals surface area contributed by atoms with Gasteiger partial charge in [0.15, 0.2) is 17.5 Å². The summed E-state index contributed by atoms with van der Waals surface area (Å²) >= 11 is 0. The minimum Gasteiger partial charge on any atom is -0.342 e. The molecular formula is C18H22N8. The number of fused-ring (bicyclic) bond motifs is 3. The molecular weight excluding hydrogens is 328 g/mol. The SMILES string of the molecule is CCC1c2nnc(C)n2-c2cnc(-c3cn[nH]c3)nc2N1C1CCCC1. The third-order valence-corrected chi connectivity index (χ3v) is 5.58. The maximum absolute atomic E-state index is 4.98. The summed E-state index contributed by atoms with van der Waals surface area (Å²) in [5.41, 5.74) is 1.88. The molecule has 1 unspecified atom stereocenters. The van der Waals surface area contributed by atoms with Crippen molar-refractivity contribution in [3.05, 3.63) is 30.2 Å². The monoisotopic (exact) mass is 350 g/mol. The van der Waals surface area contributed by atoms with Gasteiger partial charge < -0.3 is 4.90 Å². The normalized spacial score (nSPS) is 19.6. The molecule has 0 spiro atoms. The Morgan fingerprint density at radius 2 is 2.04 bits per heavy atom. The Labute approximate surface area is 151 Å². The molecule has 0 radical (unpaired) electrons. The van der Waals surface area contributed by atoms with E-state index in [1.54, 1.807) is 6.20 Å². The molecule has 0 aromatic carbocycles. The van der Waals surface area contributed by atoms with Crippen molar-refractivity contribution in [2.75, 3.05) is 4.90 Å². The highest BCUT2D eigenvalue weighted by molar-refractivity contribution is 5.66. The fraction of sp³-hybridized carbons (Fsp3) is 0.500. The van der Waals surface area contributed by atoms with Crippen LogP contribution in [0.4, 0.5) is 5.82 Å². The minimum absolute atomic E-state index is 0.193. The molecule has 1 N–H and O–H groups in total. The molecule has 5 rings (SSSR count). The van der Waals surface area contributed by atoms with E-state index in [2.05, 4.69) is 41.8 Å². The van der Waals surface area contributed by atoms with Gasteiger partial charge in [0.1, 0.15) is 11.5 Å². The molecule has 1 aliphatic carbocycles. The zero-order valence-corrected chi connectivity index (χ0v) is 15.1. The lowest BCUT2D eigenvalue weighted by molar-refractivity contribution is 0.468. The highest BCUT2D eigenvalue weighted by Crippen LogP contribution is 2.43. The van der Waals surface area contributed by atoms with Gasteiger partial charge in [0.25, 0.3) is 0 Å². The van der Waals surface area contributed by atoms with Crippen LogP contribution in [0.2, 0.25) is 0 Å². The number of H-pyrrole nitrogens is 1. The van der Waals surface area contributed by atoms with E-state index in [1.165, 1.54) is 25.7 Å². The van der Waals surface area contributed by atoms with Gasteiger partial charge >= 0.3 is 0 Å². The topological polar surface area (TPSA) is 88.4 Å². The van der Waals surface area contributed by atoms with Crippen molar-refractivity contribution in [2.45, 2.75) is 58.0 Å². The van der Waals surface area contributed by atoms with Crippen LogP contribution in [0.15, 0.2) is 18.6 Å². The van der Waals surface area contributed by atoms with E-state index in [0.29, 0.717) is 11.9 Å². The summed E-state index contributed by atoms with van der Waals surface area (Å²) in [6, 6.07) is 0.690. The van der Waals surface area contributed by atoms with E-state index in [9.17, 15) is 0 Å². The molecule has 26 heavy (non-hydrogen) atoms. The van der Waals surface area contributed by atoms with Crippen LogP contribution in [-0.4, -0.2) is 41.0 Å². The fourth-order valence-electron chi connectivity index (χ4n) is 4.38. The van der Waals surface area contributed by atoms with E-state index in [4.69, 9.17) is 4.98 Å². The van der Waals surface area contributed by atoms with E-state index in [-0.39, 0.29) is 6.04 Å². The van der Waals surface area contributed by atoms with Gasteiger partial charge in [0, 0.05) is 12.2 Å². The number of hydrogen-bond donors (Lipinski definition) is 1. The summed E-state index contributed by atoms with van der Waals surface area (Å²) in [5, 5.41) is 15.7. The van der Waals surface area contributed by atoms with Gasteiger partial charge in [-0.1, -0.05) is 19.8 Å². The highest BCUT2D eigenvalue weighted by atomic mass is 15.4. The second-order valence-electron chi connectivity index (χ2n) is 7.10. The zero-order chi connectivity index (χ0) is 17.7. The Bertz CT molecular complexity index is 923. The van der Waals surface area contributed by atoms with Crippen LogP contribution in [0.1, 0.15) is 56.7 Å². The van der Waals surface area contributed by atoms with Crippen molar-refractivity contribution in [3.63, 3.8) is 0 Å². The number of aryl methyl sites for hydroxylation is 1. The molecule has 2 aliphatic rings. The first-order chi connectivity index (χ1) is 12.8. The summed E-state index contributed by atoms with van der Waals surface area (Å²) in [6.07, 6.45) is 11.4. The predicted molar refractivity (Wildman–Crippen MR) is 97.0 cm³/mol. The van der Waals surface area contributed by atoms with Crippen molar-refractivity contribution < 1.29 is 0 Å². The Hall–Kier alpha value is -2.77. The Kier molecular flexibility index (Phi) is 3.51. The summed E-state index contributed by atoms with van der Waals surface area (Å²) in [5.74, 6) is 3.57. The van der Waals surface area contributed by atoms with Crippen molar-refractivity contribution >= 4 is 5.82 Å². The summed E-state index contributed by atoms with van der Waals surface area (Å²) in [4.78, 5) is 12.1. The van der Waals surface area contributed by atoms with Gasteiger partial charge in [0.2, 0.25) is 0 Å². The standard InChI is InChI=1S/C18H22N8/c1-3-14-18-24-23-11(2)25(18)15-10-19-16(12-8-20-21-9-12)22-17(15)26(14)13-6-4-5-7-13/h8-10,13-14H,3-7H2,1-2H3,(H,20,21). The number of hydrogen-bond acceptors (Lipinski definition) is 6. The van der Waals surface area contributed by atoms with Gasteiger partial charge in [-0.25, -0.2) is 9.97 Å². The van der Waals surface area contributed by atoms with Crippen LogP contribution in [0.25, 0.3) is 17.1 Å². The molecule has 1 fully saturated rings. The Balaban J connectivity index is 1.73. The van der Waals surface area contributed by atoms with Crippen LogP contribution in [0.3, 0.4) is 0 Å². The maximum atomic E-state index is 4.98. The zero-order valence-electron chi connectivity index (χ0n) is 15.1. The van der Waals surface area contributed by atoms with Crippen LogP contribution in [0, 0.1) is 6.92 Å². The van der Waals surface area contributed by atoms with Gasteiger partial charge in [-0.2, -0.15) is 5.10 Å². The molecule has 134 valence electrons. The first-order valence-corrected chi connectivity index (χ1v) is 9.34. The molecule has 3 aromatic heterocycles. The van der Waals surface area contributed by atoms with Crippen molar-refractivity contribution in [1.82, 2.24) is 34.9 Å². The summed E-state index contributed by atoms with van der Waals surface area (Å²) < 4.78 is 2.12. The van der Waals surface area contributed by atoms with Gasteiger partial charge in [-0.15, -0.1) is 10.2 Å². The van der Waals surface area contributed by atoms with E-state index >= 15 is 0 Å². The van der Waals surface area contributed by atoms with Crippen molar-refractivity contribution in [3.8, 4) is 17.1 Å². The third-order valence-electron chi connectivity index (χ3n) is 5.58. The third kappa shape index (κ3) is 2.17. The van der Waals surface area contributed by atoms with Crippen LogP contribution in [0.5, 0.6) is 0 Å². The molecule has 1 aliphatic heterocycles. The van der Waals surface area contributed by atoms with Gasteiger partial charge in [-0.05, 0) is 26.2 Å². The lowest BCUT2D eigenvalue weighted by Gasteiger charge is -2.41. The van der Waals surface area contributed by atoms with Crippen LogP contribution in [-0.2, 0) is 0 Å². The second-order valence-corrected chi connectivity index (χ2v) is 7.10. The Morgan fingerprint density at radius 1 is 1.19 bits per heavy atom. The summed E-state index contributed by atoms with van der Waals surface area (Å²) in [6.45, 7) is 4.20. The van der Waals surface area contributed by atoms with E-state index in [0.717, 1.165) is 35.1 Å². The van der Waals surface area contributed by atoms with Crippen LogP contribution >= 0.6 is 0 Å². The summed E-state index contributed by atoms with van der Waals surface area (Å²) in [7, 11) is 0. The van der Waals surface area contributed by atoms with Gasteiger partial charge in [-0.3, -0.25) is 9.67 Å². The fourth-order valence-corrected chi connectivity index (χ4v) is 4.38. The molecule has 0 bridgehead atoms.